The summed E-state index contributed by atoms with van der Waals surface area (Å²) in [5.41, 5.74) is 21.7. The Morgan fingerprint density at radius 3 is 1.18 bits per heavy atom. The lowest BCUT2D eigenvalue weighted by Crippen LogP contribution is -2.16. The number of hydrogen-bond acceptors (Lipinski definition) is 18. The molecule has 3 fully saturated rings. The maximum absolute atomic E-state index is 15.1. The molecule has 0 amide bonds. The fraction of sp³-hybridized carbons (Fsp3) is 0.239. The van der Waals surface area contributed by atoms with Gasteiger partial charge >= 0.3 is 0 Å². The van der Waals surface area contributed by atoms with Crippen molar-refractivity contribution in [1.82, 2.24) is 59.2 Å². The van der Waals surface area contributed by atoms with Crippen LogP contribution in [0.1, 0.15) is 101 Å². The number of nitrogens with two attached hydrogens (primary N) is 3. The van der Waals surface area contributed by atoms with Crippen LogP contribution in [0.4, 0.5) is 65.2 Å². The molecule has 24 nitrogen and oxygen atoms in total. The van der Waals surface area contributed by atoms with Crippen molar-refractivity contribution in [3.05, 3.63) is 178 Å². The van der Waals surface area contributed by atoms with Gasteiger partial charge in [-0.1, -0.05) is 74.4 Å². The van der Waals surface area contributed by atoms with Crippen molar-refractivity contribution in [2.24, 2.45) is 0 Å². The molecule has 15 rings (SSSR count). The van der Waals surface area contributed by atoms with E-state index < -0.39 is 81.4 Å². The zero-order chi connectivity index (χ0) is 73.0. The Kier molecular flexibility index (Phi) is 19.8. The normalized spacial score (nSPS) is 14.7. The van der Waals surface area contributed by atoms with E-state index in [0.717, 1.165) is 113 Å². The zero-order valence-electron chi connectivity index (χ0n) is 53.9. The minimum atomic E-state index is -4.62. The second-order valence-electron chi connectivity index (χ2n) is 24.6. The molecule has 0 saturated heterocycles. The molecule has 6 aromatic heterocycles. The fourth-order valence-corrected chi connectivity index (χ4v) is 17.0. The van der Waals surface area contributed by atoms with E-state index in [-0.39, 0.29) is 66.2 Å². The maximum Gasteiger partial charge on any atom is 0.265 e. The van der Waals surface area contributed by atoms with Gasteiger partial charge in [0.25, 0.3) is 30.1 Å². The third-order valence-corrected chi connectivity index (χ3v) is 23.1. The van der Waals surface area contributed by atoms with Crippen molar-refractivity contribution in [1.29, 1.82) is 0 Å². The monoisotopic (exact) mass is 1550 g/mol. The Morgan fingerprint density at radius 1 is 0.427 bits per heavy atom. The Labute approximate surface area is 596 Å². The number of nitrogens with one attached hydrogen (secondary N) is 3. The van der Waals surface area contributed by atoms with Gasteiger partial charge in [-0.05, 0) is 146 Å². The highest BCUT2D eigenvalue weighted by atomic mass is 79.9. The molecule has 12 aromatic rings. The number of fused-ring (bicyclic) bond motifs is 3. The highest BCUT2D eigenvalue weighted by Crippen LogP contribution is 2.42. The largest absolute Gasteiger partial charge is 0.383 e. The van der Waals surface area contributed by atoms with Crippen LogP contribution in [0.25, 0.3) is 66.9 Å². The van der Waals surface area contributed by atoms with Crippen molar-refractivity contribution in [3.8, 4) is 33.8 Å². The SMILES string of the molecule is Cc1ccc(F)cc1S(=O)(=O)Nc1ccc(-c2nn(C3CCCC3)c3ncnc(N)c23)cc1F.Nc1ncnc2c1c(-c1ccc(NS(=O)(=O)c3cc(F)c(Br)cc3F)c(F)c1)nn2C1CCCC1.Nc1ncnc2c1c(-c1ccc(NS(=O)(=O)c3ccc(F)c(Cl)c3)c(F)c1)nn2C1CCCC1. The van der Waals surface area contributed by atoms with Gasteiger partial charge in [-0.2, -0.15) is 15.3 Å². The molecule has 534 valence electrons. The van der Waals surface area contributed by atoms with Gasteiger partial charge in [0.05, 0.1) is 70.6 Å². The van der Waals surface area contributed by atoms with Crippen LogP contribution in [-0.2, 0) is 30.1 Å². The molecule has 0 spiro atoms. The standard InChI is InChI=1S/C23H22F2N6O2S.C22H18BrF3N6O2S.C22H19ClF2N6O2S/c1-13-6-8-15(24)11-19(13)34(32,33)30-18-9-7-14(10-17(18)25)21-20-22(26)27-12-28-23(20)31(29-21)16-4-2-3-5-16;23-13-8-16(26)18(9-14(13)24)35(33,34)31-17-6-5-11(7-15(17)25)20-19-21(27)28-10-29-22(19)32(30-20)12-3-1-2-4-12;23-15-10-14(6-7-16(15)24)34(32,33)30-18-8-5-12(9-17(18)25)20-19-21(26)27-11-28-22(19)31(29-20)13-3-1-2-4-13/h6-12,16,30H,2-5H2,1H3,(H2,26,27,28);5-10,12,31H,1-4H2,(H2,27,28,29);5-11,13,30H,1-4H2,(H2,26,27,28). The van der Waals surface area contributed by atoms with Crippen LogP contribution in [-0.4, -0.2) is 84.5 Å². The van der Waals surface area contributed by atoms with E-state index in [9.17, 15) is 42.8 Å². The van der Waals surface area contributed by atoms with E-state index in [4.69, 9.17) is 39.0 Å². The minimum absolute atomic E-state index is 0.137. The summed E-state index contributed by atoms with van der Waals surface area (Å²) in [6.07, 6.45) is 16.3. The average Bonchev–Trinajstić information content (AvgIpc) is 1.62. The Morgan fingerprint density at radius 2 is 0.806 bits per heavy atom. The molecule has 6 aromatic carbocycles. The fourth-order valence-electron chi connectivity index (χ4n) is 12.9. The molecule has 0 unspecified atom stereocenters. The Balaban J connectivity index is 0.000000138. The number of benzene rings is 6. The summed E-state index contributed by atoms with van der Waals surface area (Å²) in [5.74, 6) is -5.57. The second-order valence-corrected chi connectivity index (χ2v) is 30.9. The summed E-state index contributed by atoms with van der Waals surface area (Å²) in [4.78, 5) is 23.7. The number of nitrogens with zero attached hydrogens (tertiary/aromatic N) is 12. The Bertz CT molecular complexity index is 5710. The van der Waals surface area contributed by atoms with Gasteiger partial charge < -0.3 is 17.2 Å². The molecule has 3 saturated carbocycles. The number of anilines is 6. The minimum Gasteiger partial charge on any atom is -0.383 e. The first-order valence-corrected chi connectivity index (χ1v) is 37.6. The maximum atomic E-state index is 15.1. The highest BCUT2D eigenvalue weighted by Gasteiger charge is 2.31. The van der Waals surface area contributed by atoms with E-state index in [1.54, 1.807) is 10.7 Å². The van der Waals surface area contributed by atoms with Crippen LogP contribution < -0.4 is 31.4 Å². The van der Waals surface area contributed by atoms with Crippen LogP contribution in [0.3, 0.4) is 0 Å². The molecule has 0 atom stereocenters. The summed E-state index contributed by atoms with van der Waals surface area (Å²) in [7, 11) is -13.0. The van der Waals surface area contributed by atoms with Crippen molar-refractivity contribution in [2.45, 2.75) is 117 Å². The molecule has 3 aliphatic rings. The number of nitrogen functional groups attached to an aromatic ring is 3. The third kappa shape index (κ3) is 14.4. The lowest BCUT2D eigenvalue weighted by molar-refractivity contribution is 0.479. The molecule has 3 aliphatic carbocycles. The molecule has 36 heteroatoms. The number of aromatic nitrogens is 12. The quantitative estimate of drug-likeness (QED) is 0.0410. The van der Waals surface area contributed by atoms with Crippen LogP contribution in [0.2, 0.25) is 5.02 Å². The molecule has 0 bridgehead atoms. The lowest BCUT2D eigenvalue weighted by atomic mass is 10.1. The highest BCUT2D eigenvalue weighted by molar-refractivity contribution is 9.10. The third-order valence-electron chi connectivity index (χ3n) is 17.9. The summed E-state index contributed by atoms with van der Waals surface area (Å²) >= 11 is 8.47. The van der Waals surface area contributed by atoms with Crippen molar-refractivity contribution < 1.29 is 56.0 Å². The molecule has 0 aliphatic heterocycles. The van der Waals surface area contributed by atoms with Crippen molar-refractivity contribution in [2.75, 3.05) is 31.4 Å². The van der Waals surface area contributed by atoms with Crippen LogP contribution in [0.15, 0.2) is 141 Å². The number of rotatable bonds is 15. The first-order chi connectivity index (χ1) is 49.1. The first kappa shape index (κ1) is 71.3. The van der Waals surface area contributed by atoms with Gasteiger partial charge in [0.1, 0.15) is 99.1 Å². The second kappa shape index (κ2) is 28.6. The van der Waals surface area contributed by atoms with E-state index in [2.05, 4.69) is 60.4 Å². The molecule has 9 N–H and O–H groups in total. The van der Waals surface area contributed by atoms with Crippen molar-refractivity contribution in [3.63, 3.8) is 0 Å². The van der Waals surface area contributed by atoms with Crippen molar-refractivity contribution >= 4 is 125 Å². The molecular weight excluding hydrogens is 1500 g/mol. The van der Waals surface area contributed by atoms with Crippen LogP contribution in [0, 0.1) is 47.6 Å². The summed E-state index contributed by atoms with van der Waals surface area (Å²) in [6.45, 7) is 1.53. The smallest absolute Gasteiger partial charge is 0.265 e. The summed E-state index contributed by atoms with van der Waals surface area (Å²) in [5, 5.41) is 15.2. The van der Waals surface area contributed by atoms with E-state index in [0.29, 0.717) is 84.6 Å². The molecule has 6 heterocycles. The van der Waals surface area contributed by atoms with Gasteiger partial charge in [0.2, 0.25) is 0 Å². The number of sulfonamides is 3. The molecule has 103 heavy (non-hydrogen) atoms. The van der Waals surface area contributed by atoms with Crippen LogP contribution >= 0.6 is 27.5 Å². The Hall–Kier alpha value is -10.1. The van der Waals surface area contributed by atoms with Gasteiger partial charge in [-0.25, -0.2) is 99.9 Å². The topological polar surface area (TPSA) is 347 Å². The lowest BCUT2D eigenvalue weighted by Gasteiger charge is -2.12. The molecule has 0 radical (unpaired) electrons. The summed E-state index contributed by atoms with van der Waals surface area (Å²) in [6, 6.07) is 19.7. The van der Waals surface area contributed by atoms with Gasteiger partial charge in [0, 0.05) is 16.7 Å². The van der Waals surface area contributed by atoms with Gasteiger partial charge in [0.15, 0.2) is 16.9 Å². The van der Waals surface area contributed by atoms with E-state index >= 15 is 13.2 Å². The molecular formula is C67H59BrClF7N18O6S3. The summed E-state index contributed by atoms with van der Waals surface area (Å²) < 4.78 is 188. The predicted octanol–water partition coefficient (Wildman–Crippen LogP) is 14.7. The van der Waals surface area contributed by atoms with E-state index in [1.807, 2.05) is 14.1 Å². The number of aryl methyl sites for hydroxylation is 1. The van der Waals surface area contributed by atoms with E-state index in [1.165, 1.54) is 74.4 Å². The zero-order valence-corrected chi connectivity index (χ0v) is 58.7. The average molecular weight is 1560 g/mol. The van der Waals surface area contributed by atoms with Crippen LogP contribution in [0.5, 0.6) is 0 Å². The van der Waals surface area contributed by atoms with Gasteiger partial charge in [-0.3, -0.25) is 14.2 Å². The number of hydrogen-bond donors (Lipinski definition) is 6. The predicted molar refractivity (Wildman–Crippen MR) is 377 cm³/mol. The number of halogens is 9. The first-order valence-electron chi connectivity index (χ1n) is 31.9. The van der Waals surface area contributed by atoms with Gasteiger partial charge in [-0.15, -0.1) is 0 Å².